The van der Waals surface area contributed by atoms with E-state index >= 15 is 0 Å². The largest absolute Gasteiger partial charge is 0.362 e. The van der Waals surface area contributed by atoms with Crippen LogP contribution in [0.15, 0.2) is 6.20 Å². The summed E-state index contributed by atoms with van der Waals surface area (Å²) >= 11 is 1.80. The average molecular weight is 267 g/mol. The molecule has 0 spiro atoms. The van der Waals surface area contributed by atoms with Crippen molar-refractivity contribution in [2.24, 2.45) is 5.41 Å². The number of aromatic nitrogens is 1. The van der Waals surface area contributed by atoms with Crippen LogP contribution in [0, 0.1) is 5.41 Å². The molecule has 4 heteroatoms. The molecule has 1 N–H and O–H groups in total. The van der Waals surface area contributed by atoms with Crippen LogP contribution in [-0.4, -0.2) is 29.5 Å². The summed E-state index contributed by atoms with van der Waals surface area (Å²) < 4.78 is 0. The molecule has 0 saturated carbocycles. The summed E-state index contributed by atoms with van der Waals surface area (Å²) in [5.41, 5.74) is 0.579. The van der Waals surface area contributed by atoms with Gasteiger partial charge in [-0.1, -0.05) is 13.8 Å². The third-order valence-corrected chi connectivity index (χ3v) is 5.22. The first-order chi connectivity index (χ1) is 8.71. The molecule has 0 atom stereocenters. The van der Waals surface area contributed by atoms with E-state index in [1.807, 2.05) is 6.20 Å². The fourth-order valence-corrected chi connectivity index (χ4v) is 3.75. The fourth-order valence-electron chi connectivity index (χ4n) is 2.82. The molecular formula is C14H25N3S. The van der Waals surface area contributed by atoms with Gasteiger partial charge < -0.3 is 5.32 Å². The molecule has 0 unspecified atom stereocenters. The summed E-state index contributed by atoms with van der Waals surface area (Å²) in [6, 6.07) is 0. The van der Waals surface area contributed by atoms with Gasteiger partial charge in [-0.2, -0.15) is 0 Å². The van der Waals surface area contributed by atoms with Gasteiger partial charge in [-0.3, -0.25) is 4.90 Å². The zero-order chi connectivity index (χ0) is 13.0. The lowest BCUT2D eigenvalue weighted by atomic mass is 9.82. The third kappa shape index (κ3) is 3.04. The Balaban J connectivity index is 1.90. The molecule has 0 bridgehead atoms. The van der Waals surface area contributed by atoms with Gasteiger partial charge in [0.15, 0.2) is 5.13 Å². The molecule has 2 heterocycles. The van der Waals surface area contributed by atoms with Crippen LogP contribution in [0.4, 0.5) is 5.13 Å². The minimum atomic E-state index is 0.579. The van der Waals surface area contributed by atoms with Crippen molar-refractivity contribution in [2.45, 2.75) is 46.6 Å². The van der Waals surface area contributed by atoms with Gasteiger partial charge in [0.25, 0.3) is 0 Å². The number of hydrogen-bond donors (Lipinski definition) is 1. The SMILES string of the molecule is CCNc1ncc(CN2CCC(CC)(CC)C2)s1. The molecule has 1 saturated heterocycles. The first-order valence-electron chi connectivity index (χ1n) is 7.12. The highest BCUT2D eigenvalue weighted by Gasteiger charge is 2.34. The lowest BCUT2D eigenvalue weighted by Gasteiger charge is -2.26. The van der Waals surface area contributed by atoms with Gasteiger partial charge >= 0.3 is 0 Å². The van der Waals surface area contributed by atoms with E-state index in [1.165, 1.54) is 37.2 Å². The quantitative estimate of drug-likeness (QED) is 0.854. The van der Waals surface area contributed by atoms with Crippen molar-refractivity contribution in [3.8, 4) is 0 Å². The topological polar surface area (TPSA) is 28.2 Å². The Morgan fingerprint density at radius 3 is 2.78 bits per heavy atom. The van der Waals surface area contributed by atoms with Gasteiger partial charge in [0.1, 0.15) is 0 Å². The molecule has 2 rings (SSSR count). The van der Waals surface area contributed by atoms with Crippen LogP contribution in [0.1, 0.15) is 44.9 Å². The summed E-state index contributed by atoms with van der Waals surface area (Å²) in [6.45, 7) is 11.3. The Labute approximate surface area is 115 Å². The Bertz CT molecular complexity index is 371. The van der Waals surface area contributed by atoms with Crippen LogP contribution in [0.5, 0.6) is 0 Å². The smallest absolute Gasteiger partial charge is 0.182 e. The first kappa shape index (κ1) is 13.8. The van der Waals surface area contributed by atoms with Crippen LogP contribution < -0.4 is 5.32 Å². The van der Waals surface area contributed by atoms with Gasteiger partial charge in [0, 0.05) is 30.7 Å². The monoisotopic (exact) mass is 267 g/mol. The lowest BCUT2D eigenvalue weighted by Crippen LogP contribution is -2.25. The number of rotatable bonds is 6. The standard InChI is InChI=1S/C14H25N3S/c1-4-14(5-2)7-8-17(11-14)10-12-9-16-13(18-12)15-6-3/h9H,4-8,10-11H2,1-3H3,(H,15,16). The first-order valence-corrected chi connectivity index (χ1v) is 7.94. The average Bonchev–Trinajstić information content (AvgIpc) is 2.98. The Morgan fingerprint density at radius 2 is 2.17 bits per heavy atom. The summed E-state index contributed by atoms with van der Waals surface area (Å²) in [6.07, 6.45) is 6.01. The zero-order valence-corrected chi connectivity index (χ0v) is 12.6. The zero-order valence-electron chi connectivity index (χ0n) is 11.8. The van der Waals surface area contributed by atoms with Gasteiger partial charge in [-0.25, -0.2) is 4.98 Å². The maximum Gasteiger partial charge on any atom is 0.182 e. The number of nitrogens with zero attached hydrogens (tertiary/aromatic N) is 2. The summed E-state index contributed by atoms with van der Waals surface area (Å²) in [4.78, 5) is 8.38. The number of nitrogens with one attached hydrogen (secondary N) is 1. The second-order valence-electron chi connectivity index (χ2n) is 5.33. The second-order valence-corrected chi connectivity index (χ2v) is 6.45. The fraction of sp³-hybridized carbons (Fsp3) is 0.786. The molecule has 0 radical (unpaired) electrons. The van der Waals surface area contributed by atoms with E-state index in [-0.39, 0.29) is 0 Å². The Kier molecular flexibility index (Phi) is 4.62. The highest BCUT2D eigenvalue weighted by atomic mass is 32.1. The molecule has 1 fully saturated rings. The van der Waals surface area contributed by atoms with Gasteiger partial charge in [-0.15, -0.1) is 11.3 Å². The van der Waals surface area contributed by atoms with Gasteiger partial charge in [0.05, 0.1) is 0 Å². The molecule has 0 aliphatic carbocycles. The Morgan fingerprint density at radius 1 is 1.39 bits per heavy atom. The molecule has 0 aromatic carbocycles. The Hall–Kier alpha value is -0.610. The van der Waals surface area contributed by atoms with Crippen molar-refractivity contribution in [1.29, 1.82) is 0 Å². The summed E-state index contributed by atoms with van der Waals surface area (Å²) in [5, 5.41) is 4.34. The second kappa shape index (κ2) is 6.02. The predicted molar refractivity (Wildman–Crippen MR) is 79.2 cm³/mol. The molecular weight excluding hydrogens is 242 g/mol. The molecule has 18 heavy (non-hydrogen) atoms. The summed E-state index contributed by atoms with van der Waals surface area (Å²) in [5.74, 6) is 0. The van der Waals surface area contributed by atoms with Crippen molar-refractivity contribution in [2.75, 3.05) is 25.0 Å². The molecule has 1 aliphatic heterocycles. The number of likely N-dealkylation sites (tertiary alicyclic amines) is 1. The van der Waals surface area contributed by atoms with Gasteiger partial charge in [0.2, 0.25) is 0 Å². The number of thiazole rings is 1. The minimum Gasteiger partial charge on any atom is -0.362 e. The van der Waals surface area contributed by atoms with E-state index in [0.717, 1.165) is 18.2 Å². The molecule has 102 valence electrons. The third-order valence-electron chi connectivity index (χ3n) is 4.28. The van der Waals surface area contributed by atoms with Crippen LogP contribution in [-0.2, 0) is 6.54 Å². The van der Waals surface area contributed by atoms with Crippen LogP contribution >= 0.6 is 11.3 Å². The number of anilines is 1. The highest BCUT2D eigenvalue weighted by molar-refractivity contribution is 7.15. The van der Waals surface area contributed by atoms with E-state index < -0.39 is 0 Å². The van der Waals surface area contributed by atoms with E-state index in [1.54, 1.807) is 11.3 Å². The van der Waals surface area contributed by atoms with E-state index in [2.05, 4.69) is 36.0 Å². The van der Waals surface area contributed by atoms with Crippen molar-refractivity contribution < 1.29 is 0 Å². The number of hydrogen-bond acceptors (Lipinski definition) is 4. The molecule has 3 nitrogen and oxygen atoms in total. The maximum atomic E-state index is 4.41. The molecule has 0 amide bonds. The van der Waals surface area contributed by atoms with E-state index in [4.69, 9.17) is 0 Å². The van der Waals surface area contributed by atoms with Crippen LogP contribution in [0.25, 0.3) is 0 Å². The van der Waals surface area contributed by atoms with E-state index in [0.29, 0.717) is 5.41 Å². The highest BCUT2D eigenvalue weighted by Crippen LogP contribution is 2.37. The lowest BCUT2D eigenvalue weighted by molar-refractivity contribution is 0.237. The molecule has 1 aromatic rings. The van der Waals surface area contributed by atoms with E-state index in [9.17, 15) is 0 Å². The van der Waals surface area contributed by atoms with Gasteiger partial charge in [-0.05, 0) is 38.1 Å². The predicted octanol–water partition coefficient (Wildman–Crippen LogP) is 3.59. The van der Waals surface area contributed by atoms with Crippen LogP contribution in [0.3, 0.4) is 0 Å². The molecule has 1 aliphatic rings. The summed E-state index contributed by atoms with van der Waals surface area (Å²) in [7, 11) is 0. The van der Waals surface area contributed by atoms with Crippen LogP contribution in [0.2, 0.25) is 0 Å². The van der Waals surface area contributed by atoms with Crippen molar-refractivity contribution in [1.82, 2.24) is 9.88 Å². The maximum absolute atomic E-state index is 4.41. The minimum absolute atomic E-state index is 0.579. The normalized spacial score (nSPS) is 19.3. The van der Waals surface area contributed by atoms with Crippen molar-refractivity contribution >= 4 is 16.5 Å². The van der Waals surface area contributed by atoms with Crippen molar-refractivity contribution in [3.63, 3.8) is 0 Å². The molecule has 1 aromatic heterocycles. The van der Waals surface area contributed by atoms with Crippen molar-refractivity contribution in [3.05, 3.63) is 11.1 Å².